The van der Waals surface area contributed by atoms with Crippen LogP contribution in [0.4, 0.5) is 0 Å². The van der Waals surface area contributed by atoms with Crippen LogP contribution in [0.1, 0.15) is 44.9 Å². The van der Waals surface area contributed by atoms with Crippen molar-refractivity contribution in [2.45, 2.75) is 57.1 Å². The molecular weight excluding hydrogens is 202 g/mol. The van der Waals surface area contributed by atoms with Gasteiger partial charge in [-0.1, -0.05) is 12.8 Å². The Morgan fingerprint density at radius 3 is 2.88 bits per heavy atom. The lowest BCUT2D eigenvalue weighted by atomic mass is 10.1. The van der Waals surface area contributed by atoms with Crippen molar-refractivity contribution in [3.8, 4) is 0 Å². The number of ether oxygens (including phenoxy) is 1. The molecular formula is C13H25NO2. The smallest absolute Gasteiger partial charge is 0.0730 e. The Balaban J connectivity index is 1.64. The summed E-state index contributed by atoms with van der Waals surface area (Å²) in [6.45, 7) is 3.64. The summed E-state index contributed by atoms with van der Waals surface area (Å²) in [7, 11) is 0. The zero-order chi connectivity index (χ0) is 11.2. The van der Waals surface area contributed by atoms with Crippen molar-refractivity contribution in [2.24, 2.45) is 0 Å². The fourth-order valence-electron chi connectivity index (χ4n) is 3.06. The zero-order valence-corrected chi connectivity index (χ0v) is 10.2. The average molecular weight is 227 g/mol. The van der Waals surface area contributed by atoms with Crippen molar-refractivity contribution in [3.05, 3.63) is 0 Å². The van der Waals surface area contributed by atoms with Crippen LogP contribution in [0.3, 0.4) is 0 Å². The Bertz CT molecular complexity index is 198. The second kappa shape index (κ2) is 6.58. The third-order valence-electron chi connectivity index (χ3n) is 3.95. The number of hydrogen-bond acceptors (Lipinski definition) is 3. The van der Waals surface area contributed by atoms with Crippen LogP contribution in [-0.4, -0.2) is 48.5 Å². The molecule has 1 N–H and O–H groups in total. The van der Waals surface area contributed by atoms with E-state index >= 15 is 0 Å². The maximum absolute atomic E-state index is 8.71. The highest BCUT2D eigenvalue weighted by molar-refractivity contribution is 4.89. The van der Waals surface area contributed by atoms with Crippen molar-refractivity contribution < 1.29 is 9.84 Å². The topological polar surface area (TPSA) is 32.7 Å². The fourth-order valence-corrected chi connectivity index (χ4v) is 3.06. The van der Waals surface area contributed by atoms with E-state index in [0.29, 0.717) is 18.8 Å². The molecule has 0 aromatic carbocycles. The number of fused-ring (bicyclic) bond motifs is 1. The maximum Gasteiger partial charge on any atom is 0.0730 e. The van der Waals surface area contributed by atoms with E-state index in [1.54, 1.807) is 0 Å². The first-order chi connectivity index (χ1) is 7.92. The molecule has 0 radical (unpaired) electrons. The highest BCUT2D eigenvalue weighted by Crippen LogP contribution is 2.29. The maximum atomic E-state index is 8.71. The van der Waals surface area contributed by atoms with Crippen LogP contribution in [0, 0.1) is 0 Å². The first-order valence-corrected chi connectivity index (χ1v) is 6.88. The van der Waals surface area contributed by atoms with E-state index in [1.807, 2.05) is 0 Å². The third-order valence-corrected chi connectivity index (χ3v) is 3.95. The molecule has 3 nitrogen and oxygen atoms in total. The highest BCUT2D eigenvalue weighted by atomic mass is 16.5. The Kier molecular flexibility index (Phi) is 5.07. The Labute approximate surface area is 98.8 Å². The zero-order valence-electron chi connectivity index (χ0n) is 10.2. The minimum Gasteiger partial charge on any atom is -0.396 e. The van der Waals surface area contributed by atoms with Gasteiger partial charge in [-0.15, -0.1) is 0 Å². The van der Waals surface area contributed by atoms with E-state index in [-0.39, 0.29) is 0 Å². The second-order valence-electron chi connectivity index (χ2n) is 5.08. The van der Waals surface area contributed by atoms with Gasteiger partial charge in [0.05, 0.1) is 12.7 Å². The second-order valence-corrected chi connectivity index (χ2v) is 5.08. The van der Waals surface area contributed by atoms with Crippen LogP contribution in [0.2, 0.25) is 0 Å². The van der Waals surface area contributed by atoms with E-state index in [4.69, 9.17) is 9.84 Å². The number of rotatable bonds is 6. The number of hydrogen-bond donors (Lipinski definition) is 1. The molecule has 3 heteroatoms. The van der Waals surface area contributed by atoms with Gasteiger partial charge in [0.25, 0.3) is 0 Å². The molecule has 1 saturated carbocycles. The van der Waals surface area contributed by atoms with E-state index in [2.05, 4.69) is 4.90 Å². The monoisotopic (exact) mass is 227 g/mol. The third kappa shape index (κ3) is 3.19. The SMILES string of the molecule is OCCCCCCN1CCOC2CCCC21. The van der Waals surface area contributed by atoms with Gasteiger partial charge in [0.15, 0.2) is 0 Å². The minimum absolute atomic E-state index is 0.349. The summed E-state index contributed by atoms with van der Waals surface area (Å²) in [5, 5.41) is 8.71. The van der Waals surface area contributed by atoms with Gasteiger partial charge < -0.3 is 9.84 Å². The number of aliphatic hydroxyl groups is 1. The van der Waals surface area contributed by atoms with Crippen LogP contribution < -0.4 is 0 Å². The van der Waals surface area contributed by atoms with Crippen LogP contribution in [0.5, 0.6) is 0 Å². The molecule has 0 amide bonds. The normalized spacial score (nSPS) is 30.6. The van der Waals surface area contributed by atoms with Crippen LogP contribution in [0.15, 0.2) is 0 Å². The minimum atomic E-state index is 0.349. The lowest BCUT2D eigenvalue weighted by Gasteiger charge is -2.37. The molecule has 0 aromatic rings. The highest BCUT2D eigenvalue weighted by Gasteiger charge is 2.35. The standard InChI is InChI=1S/C13H25NO2/c15-10-4-2-1-3-8-14-9-11-16-13-7-5-6-12(13)14/h12-13,15H,1-11H2. The van der Waals surface area contributed by atoms with Gasteiger partial charge in [0.2, 0.25) is 0 Å². The van der Waals surface area contributed by atoms with Crippen LogP contribution >= 0.6 is 0 Å². The van der Waals surface area contributed by atoms with E-state index < -0.39 is 0 Å². The molecule has 1 aliphatic carbocycles. The molecule has 1 saturated heterocycles. The summed E-state index contributed by atoms with van der Waals surface area (Å²) in [5.41, 5.74) is 0. The van der Waals surface area contributed by atoms with Crippen molar-refractivity contribution >= 4 is 0 Å². The molecule has 1 aliphatic heterocycles. The van der Waals surface area contributed by atoms with Gasteiger partial charge in [-0.05, 0) is 38.6 Å². The number of nitrogens with zero attached hydrogens (tertiary/aromatic N) is 1. The molecule has 2 atom stereocenters. The van der Waals surface area contributed by atoms with Gasteiger partial charge in [0, 0.05) is 19.2 Å². The lowest BCUT2D eigenvalue weighted by molar-refractivity contribution is -0.0558. The Morgan fingerprint density at radius 2 is 2.00 bits per heavy atom. The van der Waals surface area contributed by atoms with Crippen molar-refractivity contribution in [2.75, 3.05) is 26.3 Å². The summed E-state index contributed by atoms with van der Waals surface area (Å²) >= 11 is 0. The van der Waals surface area contributed by atoms with Gasteiger partial charge in [-0.2, -0.15) is 0 Å². The van der Waals surface area contributed by atoms with Gasteiger partial charge in [0.1, 0.15) is 0 Å². The molecule has 1 heterocycles. The number of morpholine rings is 1. The molecule has 94 valence electrons. The first kappa shape index (κ1) is 12.3. The number of unbranched alkanes of at least 4 members (excludes halogenated alkanes) is 3. The summed E-state index contributed by atoms with van der Waals surface area (Å²) < 4.78 is 5.80. The van der Waals surface area contributed by atoms with Gasteiger partial charge in [-0.25, -0.2) is 0 Å². The quantitative estimate of drug-likeness (QED) is 0.702. The summed E-state index contributed by atoms with van der Waals surface area (Å²) in [6, 6.07) is 0.714. The largest absolute Gasteiger partial charge is 0.396 e. The predicted molar refractivity (Wildman–Crippen MR) is 64.5 cm³/mol. The summed E-state index contributed by atoms with van der Waals surface area (Å²) in [5.74, 6) is 0. The average Bonchev–Trinajstić information content (AvgIpc) is 2.77. The molecule has 2 rings (SSSR count). The van der Waals surface area contributed by atoms with Crippen molar-refractivity contribution in [1.29, 1.82) is 0 Å². The van der Waals surface area contributed by atoms with Crippen LogP contribution in [0.25, 0.3) is 0 Å². The van der Waals surface area contributed by atoms with E-state index in [9.17, 15) is 0 Å². The van der Waals surface area contributed by atoms with Gasteiger partial charge >= 0.3 is 0 Å². The van der Waals surface area contributed by atoms with Crippen LogP contribution in [-0.2, 0) is 4.74 Å². The Morgan fingerprint density at radius 1 is 1.12 bits per heavy atom. The molecule has 0 aromatic heterocycles. The molecule has 16 heavy (non-hydrogen) atoms. The van der Waals surface area contributed by atoms with Gasteiger partial charge in [-0.3, -0.25) is 4.90 Å². The number of aliphatic hydroxyl groups excluding tert-OH is 1. The summed E-state index contributed by atoms with van der Waals surface area (Å²) in [4.78, 5) is 2.64. The molecule has 0 bridgehead atoms. The molecule has 2 fully saturated rings. The Hall–Kier alpha value is -0.120. The van der Waals surface area contributed by atoms with E-state index in [0.717, 1.165) is 19.6 Å². The molecule has 2 unspecified atom stereocenters. The van der Waals surface area contributed by atoms with Crippen molar-refractivity contribution in [1.82, 2.24) is 4.90 Å². The lowest BCUT2D eigenvalue weighted by Crippen LogP contribution is -2.48. The fraction of sp³-hybridized carbons (Fsp3) is 1.00. The summed E-state index contributed by atoms with van der Waals surface area (Å²) in [6.07, 6.45) is 9.16. The first-order valence-electron chi connectivity index (χ1n) is 6.88. The van der Waals surface area contributed by atoms with Crippen molar-refractivity contribution in [3.63, 3.8) is 0 Å². The molecule has 2 aliphatic rings. The molecule has 0 spiro atoms. The van der Waals surface area contributed by atoms with E-state index in [1.165, 1.54) is 45.1 Å². The predicted octanol–water partition coefficient (Wildman–Crippen LogP) is 1.79.